The van der Waals surface area contributed by atoms with Crippen LogP contribution in [0.4, 0.5) is 10.5 Å². The highest BCUT2D eigenvalue weighted by molar-refractivity contribution is 6.71. The van der Waals surface area contributed by atoms with Crippen molar-refractivity contribution in [3.63, 3.8) is 0 Å². The van der Waals surface area contributed by atoms with Gasteiger partial charge in [0.05, 0.1) is 0 Å². The van der Waals surface area contributed by atoms with Crippen molar-refractivity contribution < 1.29 is 9.53 Å². The molecule has 1 aromatic rings. The topological polar surface area (TPSA) is 52.3 Å². The van der Waals surface area contributed by atoms with Gasteiger partial charge in [-0.1, -0.05) is 63.9 Å². The Morgan fingerprint density at radius 3 is 2.45 bits per heavy atom. The molecule has 0 radical (unpaired) electrons. The van der Waals surface area contributed by atoms with Crippen molar-refractivity contribution in [1.29, 1.82) is 0 Å². The van der Waals surface area contributed by atoms with Crippen molar-refractivity contribution in [2.24, 2.45) is 0 Å². The third kappa shape index (κ3) is 7.87. The smallest absolute Gasteiger partial charge is 0.260 e. The Bertz CT molecular complexity index is 379. The lowest BCUT2D eigenvalue weighted by atomic mass is 9.73. The van der Waals surface area contributed by atoms with Crippen molar-refractivity contribution in [3.8, 4) is 0 Å². The summed E-state index contributed by atoms with van der Waals surface area (Å²) < 4.78 is 5.23. The Hall–Kier alpha value is -1.45. The lowest BCUT2D eigenvalue weighted by molar-refractivity contribution is 0.166. The predicted octanol–water partition coefficient (Wildman–Crippen LogP) is 4.12. The monoisotopic (exact) mass is 275 g/mol. The minimum Gasteiger partial charge on any atom is -0.469 e. The molecular weight excluding hydrogens is 249 g/mol. The van der Waals surface area contributed by atoms with Gasteiger partial charge >= 0.3 is 0 Å². The second kappa shape index (κ2) is 10.4. The van der Waals surface area contributed by atoms with Gasteiger partial charge in [-0.15, -0.1) is 0 Å². The minimum atomic E-state index is -0.101. The Kier molecular flexibility index (Phi) is 8.60. The Labute approximate surface area is 123 Å². The molecule has 3 nitrogen and oxygen atoms in total. The van der Waals surface area contributed by atoms with E-state index < -0.39 is 0 Å². The number of carbonyl (C=O) groups is 1. The van der Waals surface area contributed by atoms with E-state index in [1.165, 1.54) is 32.1 Å². The molecule has 0 aliphatic carbocycles. The second-order valence-corrected chi connectivity index (χ2v) is 5.27. The van der Waals surface area contributed by atoms with Crippen LogP contribution in [0.5, 0.6) is 0 Å². The molecule has 4 heteroatoms. The van der Waals surface area contributed by atoms with E-state index in [2.05, 4.69) is 6.92 Å². The summed E-state index contributed by atoms with van der Waals surface area (Å²) in [5, 5.41) is 0. The SMILES string of the molecule is CCCCCCCCBC(=O)OCc1ccc(N)cc1. The Morgan fingerprint density at radius 2 is 1.75 bits per heavy atom. The van der Waals surface area contributed by atoms with Gasteiger partial charge < -0.3 is 10.5 Å². The molecule has 1 aromatic carbocycles. The molecule has 0 unspecified atom stereocenters. The minimum absolute atomic E-state index is 0.101. The van der Waals surface area contributed by atoms with Crippen LogP contribution in [0.2, 0.25) is 6.32 Å². The van der Waals surface area contributed by atoms with Gasteiger partial charge in [0.15, 0.2) is 0 Å². The molecule has 0 spiro atoms. The van der Waals surface area contributed by atoms with Gasteiger partial charge in [-0.3, -0.25) is 4.79 Å². The summed E-state index contributed by atoms with van der Waals surface area (Å²) in [6.07, 6.45) is 8.49. The number of rotatable bonds is 10. The predicted molar refractivity (Wildman–Crippen MR) is 86.4 cm³/mol. The molecule has 0 bridgehead atoms. The second-order valence-electron chi connectivity index (χ2n) is 5.27. The zero-order valence-corrected chi connectivity index (χ0v) is 12.6. The largest absolute Gasteiger partial charge is 0.469 e. The zero-order chi connectivity index (χ0) is 14.6. The molecule has 20 heavy (non-hydrogen) atoms. The molecule has 0 saturated carbocycles. The van der Waals surface area contributed by atoms with E-state index in [4.69, 9.17) is 10.5 Å². The van der Waals surface area contributed by atoms with E-state index >= 15 is 0 Å². The fourth-order valence-corrected chi connectivity index (χ4v) is 2.08. The standard InChI is InChI=1S/C16H26BNO2/c1-2-3-4-5-6-7-12-17-16(19)20-13-14-8-10-15(18)11-9-14/h8-11,17H,2-7,12-13,18H2,1H3. The number of ether oxygens (including phenoxy) is 1. The first-order chi connectivity index (χ1) is 9.72. The van der Waals surface area contributed by atoms with E-state index in [-0.39, 0.29) is 5.87 Å². The zero-order valence-electron chi connectivity index (χ0n) is 12.6. The van der Waals surface area contributed by atoms with Crippen LogP contribution >= 0.6 is 0 Å². The van der Waals surface area contributed by atoms with Crippen LogP contribution in [0.3, 0.4) is 0 Å². The van der Waals surface area contributed by atoms with Crippen LogP contribution in [-0.2, 0) is 11.3 Å². The quantitative estimate of drug-likeness (QED) is 0.397. The number of unbranched alkanes of at least 4 members (excludes halogenated alkanes) is 5. The van der Waals surface area contributed by atoms with E-state index in [0.717, 1.165) is 24.0 Å². The van der Waals surface area contributed by atoms with Crippen molar-refractivity contribution in [1.82, 2.24) is 0 Å². The molecule has 0 aliphatic heterocycles. The average Bonchev–Trinajstić information content (AvgIpc) is 2.46. The third-order valence-corrected chi connectivity index (χ3v) is 3.36. The summed E-state index contributed by atoms with van der Waals surface area (Å²) in [4.78, 5) is 11.6. The summed E-state index contributed by atoms with van der Waals surface area (Å²) in [5.41, 5.74) is 7.30. The summed E-state index contributed by atoms with van der Waals surface area (Å²) in [6, 6.07) is 7.41. The molecule has 0 atom stereocenters. The fraction of sp³-hybridized carbons (Fsp3) is 0.562. The Balaban J connectivity index is 2.01. The highest BCUT2D eigenvalue weighted by atomic mass is 16.5. The maximum absolute atomic E-state index is 11.6. The fourth-order valence-electron chi connectivity index (χ4n) is 2.08. The number of anilines is 1. The van der Waals surface area contributed by atoms with Crippen LogP contribution in [-0.4, -0.2) is 13.1 Å². The third-order valence-electron chi connectivity index (χ3n) is 3.36. The number of nitrogens with two attached hydrogens (primary N) is 1. The van der Waals surface area contributed by atoms with Gasteiger partial charge in [0.1, 0.15) is 6.61 Å². The lowest BCUT2D eigenvalue weighted by Crippen LogP contribution is -2.11. The van der Waals surface area contributed by atoms with Crippen LogP contribution in [0.15, 0.2) is 24.3 Å². The molecule has 110 valence electrons. The van der Waals surface area contributed by atoms with Gasteiger partial charge in [0, 0.05) is 5.69 Å². The van der Waals surface area contributed by atoms with Crippen molar-refractivity contribution in [2.75, 3.05) is 5.73 Å². The van der Waals surface area contributed by atoms with Gasteiger partial charge in [0.2, 0.25) is 5.87 Å². The molecule has 0 amide bonds. The van der Waals surface area contributed by atoms with E-state index in [1.54, 1.807) is 0 Å². The lowest BCUT2D eigenvalue weighted by Gasteiger charge is -2.05. The summed E-state index contributed by atoms with van der Waals surface area (Å²) in [5.74, 6) is -0.101. The van der Waals surface area contributed by atoms with E-state index in [9.17, 15) is 4.79 Å². The van der Waals surface area contributed by atoms with Gasteiger partial charge in [-0.05, 0) is 17.7 Å². The van der Waals surface area contributed by atoms with Crippen LogP contribution in [0.1, 0.15) is 51.0 Å². The highest BCUT2D eigenvalue weighted by Crippen LogP contribution is 2.09. The molecule has 0 aromatic heterocycles. The number of nitrogen functional groups attached to an aromatic ring is 1. The molecule has 0 saturated heterocycles. The molecule has 0 aliphatic rings. The number of hydrogen-bond donors (Lipinski definition) is 1. The average molecular weight is 275 g/mol. The molecule has 2 N–H and O–H groups in total. The van der Waals surface area contributed by atoms with Crippen molar-refractivity contribution >= 4 is 18.8 Å². The summed E-state index contributed by atoms with van der Waals surface area (Å²) in [7, 11) is 0.531. The molecule has 1 rings (SSSR count). The maximum Gasteiger partial charge on any atom is 0.260 e. The van der Waals surface area contributed by atoms with Crippen molar-refractivity contribution in [2.45, 2.75) is 58.4 Å². The Morgan fingerprint density at radius 1 is 1.10 bits per heavy atom. The number of carbonyl (C=O) groups excluding carboxylic acids is 1. The van der Waals surface area contributed by atoms with Crippen LogP contribution in [0, 0.1) is 0 Å². The first kappa shape index (κ1) is 16.6. The van der Waals surface area contributed by atoms with E-state index in [1.807, 2.05) is 24.3 Å². The normalized spacial score (nSPS) is 10.2. The van der Waals surface area contributed by atoms with Gasteiger partial charge in [-0.2, -0.15) is 0 Å². The maximum atomic E-state index is 11.6. The molecule has 0 heterocycles. The molecular formula is C16H26BNO2. The van der Waals surface area contributed by atoms with Gasteiger partial charge in [0.25, 0.3) is 7.28 Å². The summed E-state index contributed by atoms with van der Waals surface area (Å²) in [6.45, 7) is 2.56. The first-order valence-corrected chi connectivity index (χ1v) is 7.72. The van der Waals surface area contributed by atoms with Crippen molar-refractivity contribution in [3.05, 3.63) is 29.8 Å². The van der Waals surface area contributed by atoms with Crippen LogP contribution < -0.4 is 5.73 Å². The number of benzene rings is 1. The summed E-state index contributed by atoms with van der Waals surface area (Å²) >= 11 is 0. The van der Waals surface area contributed by atoms with Gasteiger partial charge in [-0.25, -0.2) is 0 Å². The first-order valence-electron chi connectivity index (χ1n) is 7.72. The number of hydrogen-bond acceptors (Lipinski definition) is 3. The van der Waals surface area contributed by atoms with Crippen LogP contribution in [0.25, 0.3) is 0 Å². The molecule has 0 fully saturated rings. The van der Waals surface area contributed by atoms with E-state index in [0.29, 0.717) is 13.9 Å². The highest BCUT2D eigenvalue weighted by Gasteiger charge is 2.05.